The van der Waals surface area contributed by atoms with Gasteiger partial charge in [0.15, 0.2) is 0 Å². The molecule has 0 saturated heterocycles. The third-order valence-corrected chi connectivity index (χ3v) is 3.77. The molecule has 0 spiro atoms. The normalized spacial score (nSPS) is 31.3. The van der Waals surface area contributed by atoms with Crippen LogP contribution in [0.25, 0.3) is 0 Å². The molecule has 0 aliphatic heterocycles. The number of rotatable bonds is 2. The van der Waals surface area contributed by atoms with Gasteiger partial charge in [-0.3, -0.25) is 0 Å². The van der Waals surface area contributed by atoms with Gasteiger partial charge < -0.3 is 15.8 Å². The predicted octanol–water partition coefficient (Wildman–Crippen LogP) is 2.65. The molecule has 3 N–H and O–H groups in total. The van der Waals surface area contributed by atoms with Crippen molar-refractivity contribution in [3.05, 3.63) is 24.3 Å². The second-order valence-electron chi connectivity index (χ2n) is 5.34. The summed E-state index contributed by atoms with van der Waals surface area (Å²) < 4.78 is 5.40. The second-order valence-corrected chi connectivity index (χ2v) is 5.34. The summed E-state index contributed by atoms with van der Waals surface area (Å²) in [6.07, 6.45) is 14.8. The Kier molecular flexibility index (Phi) is 5.45. The van der Waals surface area contributed by atoms with Crippen LogP contribution in [0.4, 0.5) is 4.79 Å². The zero-order chi connectivity index (χ0) is 13.5. The third kappa shape index (κ3) is 4.71. The lowest BCUT2D eigenvalue weighted by atomic mass is 9.96. The first-order chi connectivity index (χ1) is 9.25. The molecule has 2 rings (SSSR count). The van der Waals surface area contributed by atoms with Crippen molar-refractivity contribution in [3.8, 4) is 0 Å². The Morgan fingerprint density at radius 3 is 2.63 bits per heavy atom. The van der Waals surface area contributed by atoms with Crippen molar-refractivity contribution in [2.24, 2.45) is 5.73 Å². The van der Waals surface area contributed by atoms with Crippen LogP contribution in [0, 0.1) is 0 Å². The van der Waals surface area contributed by atoms with Gasteiger partial charge in [-0.05, 0) is 51.0 Å². The van der Waals surface area contributed by atoms with E-state index in [0.29, 0.717) is 0 Å². The first-order valence-electron chi connectivity index (χ1n) is 7.30. The topological polar surface area (TPSA) is 64.3 Å². The minimum Gasteiger partial charge on any atom is -0.442 e. The number of carbonyl (C=O) groups excluding carboxylic acids is 1. The molecule has 0 radical (unpaired) electrons. The van der Waals surface area contributed by atoms with Gasteiger partial charge in [0, 0.05) is 12.1 Å². The van der Waals surface area contributed by atoms with Gasteiger partial charge in [0.2, 0.25) is 0 Å². The number of nitrogens with one attached hydrogen (secondary N) is 1. The Balaban J connectivity index is 1.81. The summed E-state index contributed by atoms with van der Waals surface area (Å²) in [7, 11) is 0. The average molecular weight is 264 g/mol. The van der Waals surface area contributed by atoms with E-state index in [1.54, 1.807) is 0 Å². The van der Waals surface area contributed by atoms with Crippen molar-refractivity contribution in [1.29, 1.82) is 0 Å². The first kappa shape index (κ1) is 14.1. The van der Waals surface area contributed by atoms with Crippen molar-refractivity contribution in [2.75, 3.05) is 0 Å². The van der Waals surface area contributed by atoms with E-state index in [1.807, 2.05) is 6.08 Å². The van der Waals surface area contributed by atoms with Crippen LogP contribution in [0.3, 0.4) is 0 Å². The largest absolute Gasteiger partial charge is 0.442 e. The van der Waals surface area contributed by atoms with E-state index in [0.717, 1.165) is 44.9 Å². The van der Waals surface area contributed by atoms with Crippen LogP contribution < -0.4 is 11.1 Å². The average Bonchev–Trinajstić information content (AvgIpc) is 2.40. The van der Waals surface area contributed by atoms with Gasteiger partial charge in [0.25, 0.3) is 0 Å². The van der Waals surface area contributed by atoms with E-state index in [-0.39, 0.29) is 24.3 Å². The van der Waals surface area contributed by atoms with E-state index < -0.39 is 0 Å². The van der Waals surface area contributed by atoms with Crippen LogP contribution in [-0.2, 0) is 4.74 Å². The Labute approximate surface area is 115 Å². The van der Waals surface area contributed by atoms with Gasteiger partial charge in [0.1, 0.15) is 6.10 Å². The molecule has 4 nitrogen and oxygen atoms in total. The number of hydrogen-bond donors (Lipinski definition) is 2. The van der Waals surface area contributed by atoms with Gasteiger partial charge in [-0.25, -0.2) is 4.79 Å². The van der Waals surface area contributed by atoms with E-state index in [9.17, 15) is 4.79 Å². The standard InChI is InChI=1S/C15H24N2O2/c16-13-10-6-1-2-7-11-14(13)17-15(18)19-12-8-4-3-5-9-12/h1-2,4,8,12-14H,3,5-7,9-11,16H2,(H,17,18). The fourth-order valence-electron chi connectivity index (χ4n) is 2.60. The second kappa shape index (κ2) is 7.34. The summed E-state index contributed by atoms with van der Waals surface area (Å²) in [5.74, 6) is 0. The minimum atomic E-state index is -0.332. The lowest BCUT2D eigenvalue weighted by Crippen LogP contribution is -2.48. The molecule has 0 fully saturated rings. The van der Waals surface area contributed by atoms with Crippen LogP contribution in [-0.4, -0.2) is 24.3 Å². The van der Waals surface area contributed by atoms with Gasteiger partial charge >= 0.3 is 6.09 Å². The van der Waals surface area contributed by atoms with Gasteiger partial charge in [-0.2, -0.15) is 0 Å². The molecule has 0 saturated carbocycles. The maximum absolute atomic E-state index is 11.9. The molecule has 0 bridgehead atoms. The van der Waals surface area contributed by atoms with Crippen LogP contribution in [0.15, 0.2) is 24.3 Å². The number of alkyl carbamates (subject to hydrolysis) is 1. The molecular weight excluding hydrogens is 240 g/mol. The zero-order valence-corrected chi connectivity index (χ0v) is 11.4. The Hall–Kier alpha value is -1.29. The van der Waals surface area contributed by atoms with Gasteiger partial charge in [-0.1, -0.05) is 18.2 Å². The van der Waals surface area contributed by atoms with E-state index >= 15 is 0 Å². The molecule has 4 heteroatoms. The summed E-state index contributed by atoms with van der Waals surface area (Å²) in [6.45, 7) is 0. The maximum atomic E-state index is 11.9. The fraction of sp³-hybridized carbons (Fsp3) is 0.667. The monoisotopic (exact) mass is 264 g/mol. The zero-order valence-electron chi connectivity index (χ0n) is 11.4. The summed E-state index contributed by atoms with van der Waals surface area (Å²) in [6, 6.07) is 0.0319. The molecule has 0 heterocycles. The van der Waals surface area contributed by atoms with Crippen molar-refractivity contribution in [1.82, 2.24) is 5.32 Å². The fourth-order valence-corrected chi connectivity index (χ4v) is 2.60. The molecule has 106 valence electrons. The third-order valence-electron chi connectivity index (χ3n) is 3.77. The summed E-state index contributed by atoms with van der Waals surface area (Å²) >= 11 is 0. The highest BCUT2D eigenvalue weighted by Crippen LogP contribution is 2.15. The summed E-state index contributed by atoms with van der Waals surface area (Å²) in [4.78, 5) is 11.9. The molecule has 0 aromatic carbocycles. The summed E-state index contributed by atoms with van der Waals surface area (Å²) in [5, 5.41) is 2.93. The predicted molar refractivity (Wildman–Crippen MR) is 75.8 cm³/mol. The molecule has 2 aliphatic rings. The lowest BCUT2D eigenvalue weighted by Gasteiger charge is -2.26. The van der Waals surface area contributed by atoms with Crippen molar-refractivity contribution < 1.29 is 9.53 Å². The molecule has 1 amide bonds. The quantitative estimate of drug-likeness (QED) is 0.754. The number of hydrogen-bond acceptors (Lipinski definition) is 3. The Morgan fingerprint density at radius 2 is 1.89 bits per heavy atom. The number of carbonyl (C=O) groups is 1. The molecule has 0 aromatic rings. The molecule has 2 aliphatic carbocycles. The van der Waals surface area contributed by atoms with Crippen LogP contribution in [0.2, 0.25) is 0 Å². The minimum absolute atomic E-state index is 0.0133. The maximum Gasteiger partial charge on any atom is 0.407 e. The molecule has 3 atom stereocenters. The summed E-state index contributed by atoms with van der Waals surface area (Å²) in [5.41, 5.74) is 6.11. The van der Waals surface area contributed by atoms with E-state index in [2.05, 4.69) is 23.5 Å². The number of nitrogens with two attached hydrogens (primary N) is 1. The highest BCUT2D eigenvalue weighted by atomic mass is 16.6. The van der Waals surface area contributed by atoms with Crippen molar-refractivity contribution in [3.63, 3.8) is 0 Å². The van der Waals surface area contributed by atoms with E-state index in [4.69, 9.17) is 10.5 Å². The van der Waals surface area contributed by atoms with E-state index in [1.165, 1.54) is 0 Å². The molecular formula is C15H24N2O2. The van der Waals surface area contributed by atoms with Crippen molar-refractivity contribution >= 4 is 6.09 Å². The number of amides is 1. The highest BCUT2D eigenvalue weighted by molar-refractivity contribution is 5.68. The van der Waals surface area contributed by atoms with Crippen LogP contribution in [0.1, 0.15) is 44.9 Å². The number of allylic oxidation sites excluding steroid dienone is 3. The molecule has 0 aromatic heterocycles. The molecule has 19 heavy (non-hydrogen) atoms. The Bertz CT molecular complexity index is 352. The van der Waals surface area contributed by atoms with Gasteiger partial charge in [-0.15, -0.1) is 0 Å². The van der Waals surface area contributed by atoms with Crippen molar-refractivity contribution in [2.45, 2.75) is 63.1 Å². The first-order valence-corrected chi connectivity index (χ1v) is 7.30. The van der Waals surface area contributed by atoms with Crippen LogP contribution >= 0.6 is 0 Å². The SMILES string of the molecule is NC1CCC=CCCC1NC(=O)OC1C=CCCC1. The van der Waals surface area contributed by atoms with Crippen LogP contribution in [0.5, 0.6) is 0 Å². The highest BCUT2D eigenvalue weighted by Gasteiger charge is 2.22. The molecule has 3 unspecified atom stereocenters. The number of ether oxygens (including phenoxy) is 1. The Morgan fingerprint density at radius 1 is 1.11 bits per heavy atom. The smallest absolute Gasteiger partial charge is 0.407 e. The lowest BCUT2D eigenvalue weighted by molar-refractivity contribution is 0.107. The van der Waals surface area contributed by atoms with Gasteiger partial charge in [0.05, 0.1) is 0 Å².